The van der Waals surface area contributed by atoms with Crippen LogP contribution in [-0.4, -0.2) is 55.2 Å². The molecule has 25 heavy (non-hydrogen) atoms. The largest absolute Gasteiger partial charge is 0.460 e. The lowest BCUT2D eigenvalue weighted by atomic mass is 10.1. The molecule has 148 valence electrons. The minimum atomic E-state index is -7.38. The van der Waals surface area contributed by atoms with Crippen LogP contribution in [-0.2, 0) is 19.6 Å². The number of carbonyl (C=O) groups excluding carboxylic acids is 1. The van der Waals surface area contributed by atoms with Gasteiger partial charge >= 0.3 is 29.2 Å². The summed E-state index contributed by atoms with van der Waals surface area (Å²) in [5, 5.41) is -6.90. The van der Waals surface area contributed by atoms with Crippen LogP contribution in [0.3, 0.4) is 0 Å². The van der Waals surface area contributed by atoms with Crippen molar-refractivity contribution in [3.05, 3.63) is 12.7 Å². The van der Waals surface area contributed by atoms with Gasteiger partial charge in [-0.2, -0.15) is 43.8 Å². The fraction of sp³-hybridized carbons (Fsp3) is 0.700. The van der Waals surface area contributed by atoms with Gasteiger partial charge in [0.05, 0.1) is 0 Å². The van der Waals surface area contributed by atoms with Gasteiger partial charge in [0.1, 0.15) is 0 Å². The third kappa shape index (κ3) is 3.70. The molecule has 0 aromatic carbocycles. The smallest absolute Gasteiger partial charge is 0.442 e. The summed E-state index contributed by atoms with van der Waals surface area (Å²) in [4.78, 5) is 10.8. The Morgan fingerprint density at radius 2 is 1.44 bits per heavy atom. The summed E-state index contributed by atoms with van der Waals surface area (Å²) in [7, 11) is -6.73. The van der Waals surface area contributed by atoms with Crippen LogP contribution >= 0.6 is 0 Å². The van der Waals surface area contributed by atoms with E-state index < -0.39 is 49.8 Å². The minimum absolute atomic E-state index is 0.103. The summed E-state index contributed by atoms with van der Waals surface area (Å²) in [6.07, 6.45) is -9.01. The van der Waals surface area contributed by atoms with E-state index in [-0.39, 0.29) is 7.05 Å². The van der Waals surface area contributed by atoms with E-state index in [9.17, 15) is 52.7 Å². The first-order valence-electron chi connectivity index (χ1n) is 5.79. The van der Waals surface area contributed by atoms with Gasteiger partial charge in [-0.25, -0.2) is 13.2 Å². The standard InChI is InChI=1S/C10H10F9NO4S/c1-4-6(21)24-5(2)20(3)25(22,23)10(18,19)8(13,14)7(11,12)9(15,16)17/h4-5H,1H2,2-3H3. The summed E-state index contributed by atoms with van der Waals surface area (Å²) >= 11 is 0. The molecule has 0 radical (unpaired) electrons. The Balaban J connectivity index is 6.05. The van der Waals surface area contributed by atoms with Gasteiger partial charge in [-0.05, 0) is 6.92 Å². The normalized spacial score (nSPS) is 15.8. The monoisotopic (exact) mass is 411 g/mol. The number of esters is 1. The van der Waals surface area contributed by atoms with Crippen LogP contribution in [0.4, 0.5) is 39.5 Å². The molecule has 0 heterocycles. The quantitative estimate of drug-likeness (QED) is 0.280. The summed E-state index contributed by atoms with van der Waals surface area (Å²) < 4.78 is 141. The Kier molecular flexibility index (Phi) is 6.26. The van der Waals surface area contributed by atoms with E-state index in [4.69, 9.17) is 0 Å². The highest BCUT2D eigenvalue weighted by molar-refractivity contribution is 7.90. The third-order valence-corrected chi connectivity index (χ3v) is 4.74. The molecule has 0 rings (SSSR count). The van der Waals surface area contributed by atoms with Crippen LogP contribution in [0.2, 0.25) is 0 Å². The van der Waals surface area contributed by atoms with Crippen molar-refractivity contribution < 1.29 is 57.5 Å². The molecule has 0 aliphatic heterocycles. The molecule has 0 aliphatic carbocycles. The molecule has 0 N–H and O–H groups in total. The average Bonchev–Trinajstić information content (AvgIpc) is 2.44. The molecule has 0 aromatic rings. The van der Waals surface area contributed by atoms with Crippen molar-refractivity contribution in [3.8, 4) is 0 Å². The number of alkyl halides is 9. The highest BCUT2D eigenvalue weighted by Gasteiger charge is 2.85. The number of rotatable bonds is 7. The Hall–Kier alpha value is -1.51. The lowest BCUT2D eigenvalue weighted by molar-refractivity contribution is -0.382. The molecule has 0 amide bonds. The number of halogens is 9. The number of nitrogens with zero attached hydrogens (tertiary/aromatic N) is 1. The highest BCUT2D eigenvalue weighted by atomic mass is 32.2. The molecule has 0 aliphatic rings. The average molecular weight is 411 g/mol. The fourth-order valence-electron chi connectivity index (χ4n) is 1.19. The van der Waals surface area contributed by atoms with Gasteiger partial charge in [0, 0.05) is 13.1 Å². The molecular formula is C10H10F9NO4S. The van der Waals surface area contributed by atoms with Crippen molar-refractivity contribution in [2.24, 2.45) is 0 Å². The number of hydrogen-bond donors (Lipinski definition) is 0. The number of ether oxygens (including phenoxy) is 1. The molecule has 15 heteroatoms. The van der Waals surface area contributed by atoms with Gasteiger partial charge in [-0.3, -0.25) is 0 Å². The van der Waals surface area contributed by atoms with Crippen LogP contribution in [0.25, 0.3) is 0 Å². The van der Waals surface area contributed by atoms with Crippen molar-refractivity contribution in [1.29, 1.82) is 0 Å². The van der Waals surface area contributed by atoms with Crippen LogP contribution < -0.4 is 0 Å². The summed E-state index contributed by atoms with van der Waals surface area (Å²) in [6.45, 7) is 3.40. The summed E-state index contributed by atoms with van der Waals surface area (Å²) in [5.41, 5.74) is 0. The molecule has 0 fully saturated rings. The zero-order valence-electron chi connectivity index (χ0n) is 12.3. The molecule has 0 bridgehead atoms. The Labute approximate surface area is 135 Å². The maximum atomic E-state index is 13.5. The van der Waals surface area contributed by atoms with Gasteiger partial charge in [0.2, 0.25) is 0 Å². The van der Waals surface area contributed by atoms with Crippen LogP contribution in [0.1, 0.15) is 6.92 Å². The molecular weight excluding hydrogens is 401 g/mol. The SMILES string of the molecule is C=CC(=O)OC(C)N(C)S(=O)(=O)C(F)(F)C(F)(F)C(F)(F)C(F)(F)F. The molecule has 1 atom stereocenters. The van der Waals surface area contributed by atoms with Gasteiger partial charge in [-0.1, -0.05) is 6.58 Å². The van der Waals surface area contributed by atoms with Gasteiger partial charge < -0.3 is 4.74 Å². The number of hydrogen-bond acceptors (Lipinski definition) is 4. The van der Waals surface area contributed by atoms with Gasteiger partial charge in [0.25, 0.3) is 10.0 Å². The predicted molar refractivity (Wildman–Crippen MR) is 63.3 cm³/mol. The maximum Gasteiger partial charge on any atom is 0.460 e. The molecule has 1 unspecified atom stereocenters. The van der Waals surface area contributed by atoms with Gasteiger partial charge in [0.15, 0.2) is 6.23 Å². The van der Waals surface area contributed by atoms with Crippen molar-refractivity contribution >= 4 is 16.0 Å². The minimum Gasteiger partial charge on any atom is -0.442 e. The maximum absolute atomic E-state index is 13.5. The highest BCUT2D eigenvalue weighted by Crippen LogP contribution is 2.55. The summed E-state index contributed by atoms with van der Waals surface area (Å²) in [5.74, 6) is -16.2. The molecule has 0 aromatic heterocycles. The molecule has 0 saturated carbocycles. The molecule has 5 nitrogen and oxygen atoms in total. The first-order chi connectivity index (χ1) is 10.8. The zero-order valence-corrected chi connectivity index (χ0v) is 13.1. The van der Waals surface area contributed by atoms with E-state index in [1.54, 1.807) is 0 Å². The molecule has 0 spiro atoms. The number of carbonyl (C=O) groups is 1. The Morgan fingerprint density at radius 3 is 1.76 bits per heavy atom. The number of sulfonamides is 1. The van der Waals surface area contributed by atoms with E-state index in [0.29, 0.717) is 13.0 Å². The lowest BCUT2D eigenvalue weighted by Gasteiger charge is -2.35. The lowest BCUT2D eigenvalue weighted by Crippen LogP contribution is -2.65. The first kappa shape index (κ1) is 23.5. The Bertz CT molecular complexity index is 629. The molecule has 0 saturated heterocycles. The third-order valence-electron chi connectivity index (χ3n) is 2.78. The van der Waals surface area contributed by atoms with Gasteiger partial charge in [-0.15, -0.1) is 0 Å². The first-order valence-corrected chi connectivity index (χ1v) is 7.23. The van der Waals surface area contributed by atoms with Crippen LogP contribution in [0, 0.1) is 0 Å². The van der Waals surface area contributed by atoms with Crippen LogP contribution in [0.5, 0.6) is 0 Å². The van der Waals surface area contributed by atoms with Crippen molar-refractivity contribution in [1.82, 2.24) is 4.31 Å². The topological polar surface area (TPSA) is 63.7 Å². The van der Waals surface area contributed by atoms with Crippen molar-refractivity contribution in [2.45, 2.75) is 36.4 Å². The summed E-state index contributed by atoms with van der Waals surface area (Å²) in [6, 6.07) is 0. The van der Waals surface area contributed by atoms with Crippen molar-refractivity contribution in [3.63, 3.8) is 0 Å². The Morgan fingerprint density at radius 1 is 1.04 bits per heavy atom. The van der Waals surface area contributed by atoms with E-state index in [2.05, 4.69) is 11.3 Å². The second-order valence-electron chi connectivity index (χ2n) is 4.42. The second kappa shape index (κ2) is 6.66. The van der Waals surface area contributed by atoms with Crippen LogP contribution in [0.15, 0.2) is 12.7 Å². The predicted octanol–water partition coefficient (Wildman–Crippen LogP) is 2.75. The van der Waals surface area contributed by atoms with E-state index in [1.165, 1.54) is 0 Å². The fourth-order valence-corrected chi connectivity index (χ4v) is 2.44. The second-order valence-corrected chi connectivity index (χ2v) is 6.46. The van der Waals surface area contributed by atoms with E-state index >= 15 is 0 Å². The van der Waals surface area contributed by atoms with Crippen molar-refractivity contribution in [2.75, 3.05) is 7.05 Å². The van der Waals surface area contributed by atoms with E-state index in [1.807, 2.05) is 0 Å². The van der Waals surface area contributed by atoms with E-state index in [0.717, 1.165) is 0 Å². The zero-order chi connectivity index (χ0) is 20.6.